The second kappa shape index (κ2) is 7.45. The number of amides is 2. The number of Topliss-reactive ketones (excluding diaryl/α,β-unsaturated/α-hetero) is 1. The molecule has 1 aromatic carbocycles. The number of hydrogen-bond acceptors (Lipinski definition) is 5. The van der Waals surface area contributed by atoms with E-state index in [0.29, 0.717) is 28.4 Å². The Morgan fingerprint density at radius 1 is 1.08 bits per heavy atom. The first-order valence-electron chi connectivity index (χ1n) is 7.27. The summed E-state index contributed by atoms with van der Waals surface area (Å²) in [6.07, 6.45) is 0. The Morgan fingerprint density at radius 2 is 1.75 bits per heavy atom. The molecule has 1 heterocycles. The Morgan fingerprint density at radius 3 is 2.29 bits per heavy atom. The lowest BCUT2D eigenvalue weighted by molar-refractivity contribution is -0.123. The maximum Gasteiger partial charge on any atom is 0.276 e. The van der Waals surface area contributed by atoms with Gasteiger partial charge < -0.3 is 9.15 Å². The lowest BCUT2D eigenvalue weighted by atomic mass is 10.1. The van der Waals surface area contributed by atoms with Crippen LogP contribution in [0.5, 0.6) is 5.75 Å². The molecule has 0 unspecified atom stereocenters. The molecule has 2 aromatic rings. The van der Waals surface area contributed by atoms with Crippen LogP contribution in [0, 0.1) is 13.8 Å². The number of hydrazine groups is 1. The number of aryl methyl sites for hydroxylation is 2. The molecule has 7 heteroatoms. The van der Waals surface area contributed by atoms with Gasteiger partial charge in [-0.2, -0.15) is 0 Å². The summed E-state index contributed by atoms with van der Waals surface area (Å²) in [5.41, 5.74) is 5.46. The molecular weight excluding hydrogens is 312 g/mol. The fourth-order valence-corrected chi connectivity index (χ4v) is 2.02. The van der Waals surface area contributed by atoms with Gasteiger partial charge in [0.15, 0.2) is 12.4 Å². The minimum Gasteiger partial charge on any atom is -0.484 e. The summed E-state index contributed by atoms with van der Waals surface area (Å²) in [5, 5.41) is 0. The lowest BCUT2D eigenvalue weighted by Gasteiger charge is -2.08. The van der Waals surface area contributed by atoms with Gasteiger partial charge >= 0.3 is 0 Å². The van der Waals surface area contributed by atoms with Crippen molar-refractivity contribution < 1.29 is 23.5 Å². The van der Waals surface area contributed by atoms with Crippen molar-refractivity contribution in [1.82, 2.24) is 10.9 Å². The first-order chi connectivity index (χ1) is 11.4. The zero-order valence-electron chi connectivity index (χ0n) is 13.6. The van der Waals surface area contributed by atoms with Crippen molar-refractivity contribution >= 4 is 17.6 Å². The van der Waals surface area contributed by atoms with Crippen LogP contribution < -0.4 is 15.6 Å². The van der Waals surface area contributed by atoms with E-state index in [1.54, 1.807) is 44.2 Å². The van der Waals surface area contributed by atoms with E-state index in [1.807, 2.05) is 0 Å². The first kappa shape index (κ1) is 17.3. The SMILES string of the molecule is CC(=O)c1ccc(OCC(=O)NNC(=O)c2cc(C)oc2C)cc1. The van der Waals surface area contributed by atoms with Crippen LogP contribution in [0.2, 0.25) is 0 Å². The van der Waals surface area contributed by atoms with E-state index in [2.05, 4.69) is 10.9 Å². The van der Waals surface area contributed by atoms with Crippen molar-refractivity contribution in [3.05, 3.63) is 53.0 Å². The minimum absolute atomic E-state index is 0.0493. The summed E-state index contributed by atoms with van der Waals surface area (Å²) in [4.78, 5) is 34.8. The number of hydrogen-bond donors (Lipinski definition) is 2. The number of benzene rings is 1. The molecule has 0 saturated carbocycles. The second-order valence-electron chi connectivity index (χ2n) is 5.20. The largest absolute Gasteiger partial charge is 0.484 e. The van der Waals surface area contributed by atoms with Crippen molar-refractivity contribution in [2.75, 3.05) is 6.61 Å². The van der Waals surface area contributed by atoms with Gasteiger partial charge in [0.2, 0.25) is 0 Å². The molecule has 0 saturated heterocycles. The predicted molar refractivity (Wildman–Crippen MR) is 85.7 cm³/mol. The molecule has 0 aliphatic heterocycles. The normalized spacial score (nSPS) is 10.1. The van der Waals surface area contributed by atoms with Gasteiger partial charge in [0.05, 0.1) is 5.56 Å². The maximum absolute atomic E-state index is 11.9. The van der Waals surface area contributed by atoms with Crippen LogP contribution in [0.1, 0.15) is 39.2 Å². The number of ketones is 1. The molecule has 24 heavy (non-hydrogen) atoms. The zero-order valence-corrected chi connectivity index (χ0v) is 13.6. The summed E-state index contributed by atoms with van der Waals surface area (Å²) >= 11 is 0. The van der Waals surface area contributed by atoms with Gasteiger partial charge in [0.1, 0.15) is 17.3 Å². The fraction of sp³-hybridized carbons (Fsp3) is 0.235. The van der Waals surface area contributed by atoms with Gasteiger partial charge in [-0.25, -0.2) is 0 Å². The standard InChI is InChI=1S/C17H18N2O5/c1-10-8-15(12(3)24-10)17(22)19-18-16(21)9-23-14-6-4-13(5-7-14)11(2)20/h4-8H,9H2,1-3H3,(H,18,21)(H,19,22). The van der Waals surface area contributed by atoms with Gasteiger partial charge in [-0.3, -0.25) is 25.2 Å². The van der Waals surface area contributed by atoms with Crippen LogP contribution in [0.25, 0.3) is 0 Å². The van der Waals surface area contributed by atoms with Crippen LogP contribution in [-0.2, 0) is 4.79 Å². The van der Waals surface area contributed by atoms with E-state index in [9.17, 15) is 14.4 Å². The van der Waals surface area contributed by atoms with Gasteiger partial charge in [-0.1, -0.05) is 0 Å². The highest BCUT2D eigenvalue weighted by atomic mass is 16.5. The molecule has 2 N–H and O–H groups in total. The Hall–Kier alpha value is -3.09. The first-order valence-corrected chi connectivity index (χ1v) is 7.27. The van der Waals surface area contributed by atoms with Crippen molar-refractivity contribution in [3.63, 3.8) is 0 Å². The number of ether oxygens (including phenoxy) is 1. The summed E-state index contributed by atoms with van der Waals surface area (Å²) in [5.74, 6) is 0.498. The molecule has 0 atom stereocenters. The van der Waals surface area contributed by atoms with E-state index in [-0.39, 0.29) is 12.4 Å². The molecule has 126 valence electrons. The number of nitrogens with one attached hydrogen (secondary N) is 2. The number of rotatable bonds is 5. The molecule has 1 aromatic heterocycles. The van der Waals surface area contributed by atoms with E-state index in [0.717, 1.165) is 0 Å². The maximum atomic E-state index is 11.9. The molecule has 0 fully saturated rings. The molecule has 0 aliphatic carbocycles. The average Bonchev–Trinajstić information content (AvgIpc) is 2.89. The Labute approximate surface area is 139 Å². The van der Waals surface area contributed by atoms with Crippen molar-refractivity contribution in [3.8, 4) is 5.75 Å². The molecule has 0 spiro atoms. The van der Waals surface area contributed by atoms with Crippen LogP contribution in [0.3, 0.4) is 0 Å². The second-order valence-corrected chi connectivity index (χ2v) is 5.20. The van der Waals surface area contributed by atoms with E-state index in [1.165, 1.54) is 6.92 Å². The predicted octanol–water partition coefficient (Wildman–Crippen LogP) is 1.94. The monoisotopic (exact) mass is 330 g/mol. The highest BCUT2D eigenvalue weighted by Crippen LogP contribution is 2.13. The van der Waals surface area contributed by atoms with E-state index in [4.69, 9.17) is 9.15 Å². The fourth-order valence-electron chi connectivity index (χ4n) is 2.02. The summed E-state index contributed by atoms with van der Waals surface area (Å²) in [7, 11) is 0. The number of carbonyl (C=O) groups is 3. The highest BCUT2D eigenvalue weighted by molar-refractivity contribution is 5.96. The molecule has 2 rings (SSSR count). The van der Waals surface area contributed by atoms with Crippen LogP contribution in [0.4, 0.5) is 0 Å². The molecular formula is C17H18N2O5. The van der Waals surface area contributed by atoms with E-state index < -0.39 is 11.8 Å². The summed E-state index contributed by atoms with van der Waals surface area (Å²) in [6.45, 7) is 4.59. The number of furan rings is 1. The third kappa shape index (κ3) is 4.45. The van der Waals surface area contributed by atoms with Gasteiger partial charge in [-0.05, 0) is 51.1 Å². The van der Waals surface area contributed by atoms with Crippen molar-refractivity contribution in [2.24, 2.45) is 0 Å². The van der Waals surface area contributed by atoms with Gasteiger partial charge in [0, 0.05) is 5.56 Å². The molecule has 7 nitrogen and oxygen atoms in total. The quantitative estimate of drug-likeness (QED) is 0.645. The molecule has 0 aliphatic rings. The zero-order chi connectivity index (χ0) is 17.7. The van der Waals surface area contributed by atoms with Gasteiger partial charge in [0.25, 0.3) is 11.8 Å². The molecule has 0 radical (unpaired) electrons. The van der Waals surface area contributed by atoms with Crippen molar-refractivity contribution in [2.45, 2.75) is 20.8 Å². The number of carbonyl (C=O) groups excluding carboxylic acids is 3. The van der Waals surface area contributed by atoms with E-state index >= 15 is 0 Å². The summed E-state index contributed by atoms with van der Waals surface area (Å²) in [6, 6.07) is 8.01. The third-order valence-corrected chi connectivity index (χ3v) is 3.23. The van der Waals surface area contributed by atoms with Crippen LogP contribution >= 0.6 is 0 Å². The molecule has 2 amide bonds. The Kier molecular flexibility index (Phi) is 5.36. The minimum atomic E-state index is -0.517. The lowest BCUT2D eigenvalue weighted by Crippen LogP contribution is -2.43. The highest BCUT2D eigenvalue weighted by Gasteiger charge is 2.14. The van der Waals surface area contributed by atoms with Crippen molar-refractivity contribution in [1.29, 1.82) is 0 Å². The Bertz CT molecular complexity index is 762. The third-order valence-electron chi connectivity index (χ3n) is 3.23. The Balaban J connectivity index is 1.80. The van der Waals surface area contributed by atoms with Crippen LogP contribution in [-0.4, -0.2) is 24.2 Å². The average molecular weight is 330 g/mol. The smallest absolute Gasteiger partial charge is 0.276 e. The summed E-state index contributed by atoms with van der Waals surface area (Å²) < 4.78 is 10.5. The van der Waals surface area contributed by atoms with Gasteiger partial charge in [-0.15, -0.1) is 0 Å². The molecule has 0 bridgehead atoms. The van der Waals surface area contributed by atoms with Crippen LogP contribution in [0.15, 0.2) is 34.7 Å². The topological polar surface area (TPSA) is 97.6 Å².